The lowest BCUT2D eigenvalue weighted by Crippen LogP contribution is -2.44. The molecule has 4 rings (SSSR count). The second-order valence-electron chi connectivity index (χ2n) is 8.74. The van der Waals surface area contributed by atoms with Crippen LogP contribution < -0.4 is 0 Å². The van der Waals surface area contributed by atoms with Crippen LogP contribution in [0.4, 0.5) is 0 Å². The van der Waals surface area contributed by atoms with Gasteiger partial charge in [-0.1, -0.05) is 56.3 Å². The van der Waals surface area contributed by atoms with Gasteiger partial charge in [0.1, 0.15) is 0 Å². The molecule has 1 N–H and O–H groups in total. The Kier molecular flexibility index (Phi) is 6.64. The summed E-state index contributed by atoms with van der Waals surface area (Å²) in [6.07, 6.45) is 3.01. The molecule has 162 valence electrons. The number of aliphatic hydroxyl groups excluding tert-OH is 1. The zero-order chi connectivity index (χ0) is 21.8. The van der Waals surface area contributed by atoms with E-state index in [-0.39, 0.29) is 18.4 Å². The molecular weight excluding hydrogens is 388 g/mol. The molecule has 0 radical (unpaired) electrons. The lowest BCUT2D eigenvalue weighted by molar-refractivity contribution is -0.135. The minimum absolute atomic E-state index is 0.0243. The van der Waals surface area contributed by atoms with Crippen LogP contribution in [0.2, 0.25) is 0 Å². The van der Waals surface area contributed by atoms with E-state index in [9.17, 15) is 9.90 Å². The largest absolute Gasteiger partial charge is 0.386 e. The monoisotopic (exact) mass is 418 g/mol. The molecule has 2 aromatic carbocycles. The van der Waals surface area contributed by atoms with Crippen LogP contribution in [0.1, 0.15) is 42.6 Å². The second kappa shape index (κ2) is 9.58. The second-order valence-corrected chi connectivity index (χ2v) is 8.74. The molecule has 1 amide bonds. The minimum Gasteiger partial charge on any atom is -0.386 e. The molecule has 1 aromatic heterocycles. The van der Waals surface area contributed by atoms with Crippen LogP contribution in [0.15, 0.2) is 60.9 Å². The highest BCUT2D eigenvalue weighted by Crippen LogP contribution is 2.26. The molecule has 5 heteroatoms. The molecule has 1 unspecified atom stereocenters. The SMILES string of the molecule is CC(C)c1ccncc1C(O)CN(CC1COC1)C(=O)Cc1ccc2ccccc2c1. The first-order chi connectivity index (χ1) is 15.0. The standard InChI is InChI=1S/C26H30N2O3/c1-18(2)23-9-10-27-13-24(23)25(29)15-28(14-20-16-31-17-20)26(30)12-19-7-8-21-5-3-4-6-22(21)11-19/h3-11,13,18,20,25,29H,12,14-17H2,1-2H3. The molecule has 3 aromatic rings. The van der Waals surface area contributed by atoms with Crippen molar-refractivity contribution in [3.8, 4) is 0 Å². The number of carbonyl (C=O) groups is 1. The quantitative estimate of drug-likeness (QED) is 0.598. The maximum absolute atomic E-state index is 13.3. The summed E-state index contributed by atoms with van der Waals surface area (Å²) in [4.78, 5) is 19.3. The molecule has 0 aliphatic carbocycles. The van der Waals surface area contributed by atoms with E-state index < -0.39 is 6.10 Å². The molecule has 1 saturated heterocycles. The van der Waals surface area contributed by atoms with Gasteiger partial charge in [0.15, 0.2) is 0 Å². The molecule has 2 heterocycles. The Balaban J connectivity index is 1.52. The van der Waals surface area contributed by atoms with E-state index >= 15 is 0 Å². The fourth-order valence-electron chi connectivity index (χ4n) is 4.14. The number of hydrogen-bond acceptors (Lipinski definition) is 4. The van der Waals surface area contributed by atoms with E-state index in [1.807, 2.05) is 24.3 Å². The molecular formula is C26H30N2O3. The summed E-state index contributed by atoms with van der Waals surface area (Å²) in [5, 5.41) is 13.3. The van der Waals surface area contributed by atoms with Crippen molar-refractivity contribution in [3.05, 3.63) is 77.6 Å². The Morgan fingerprint density at radius 2 is 1.90 bits per heavy atom. The Morgan fingerprint density at radius 1 is 1.13 bits per heavy atom. The summed E-state index contributed by atoms with van der Waals surface area (Å²) in [6, 6.07) is 16.2. The smallest absolute Gasteiger partial charge is 0.227 e. The number of aromatic nitrogens is 1. The number of pyridine rings is 1. The average molecular weight is 419 g/mol. The van der Waals surface area contributed by atoms with Gasteiger partial charge in [-0.3, -0.25) is 9.78 Å². The van der Waals surface area contributed by atoms with Gasteiger partial charge >= 0.3 is 0 Å². The van der Waals surface area contributed by atoms with Crippen molar-refractivity contribution in [2.45, 2.75) is 32.3 Å². The third-order valence-corrected chi connectivity index (χ3v) is 5.97. The van der Waals surface area contributed by atoms with Crippen molar-refractivity contribution in [1.29, 1.82) is 0 Å². The predicted molar refractivity (Wildman–Crippen MR) is 122 cm³/mol. The molecule has 1 fully saturated rings. The summed E-state index contributed by atoms with van der Waals surface area (Å²) >= 11 is 0. The Morgan fingerprint density at radius 3 is 2.61 bits per heavy atom. The van der Waals surface area contributed by atoms with Crippen molar-refractivity contribution < 1.29 is 14.6 Å². The van der Waals surface area contributed by atoms with Crippen LogP contribution in [0.25, 0.3) is 10.8 Å². The van der Waals surface area contributed by atoms with Crippen LogP contribution in [0, 0.1) is 5.92 Å². The molecule has 0 spiro atoms. The number of ether oxygens (including phenoxy) is 1. The van der Waals surface area contributed by atoms with Crippen LogP contribution >= 0.6 is 0 Å². The first kappa shape index (κ1) is 21.5. The van der Waals surface area contributed by atoms with E-state index in [4.69, 9.17) is 4.74 Å². The number of carbonyl (C=O) groups excluding carboxylic acids is 1. The highest BCUT2D eigenvalue weighted by molar-refractivity contribution is 5.85. The molecule has 0 saturated carbocycles. The van der Waals surface area contributed by atoms with E-state index in [1.165, 1.54) is 0 Å². The Labute approximate surface area is 183 Å². The van der Waals surface area contributed by atoms with Crippen molar-refractivity contribution in [1.82, 2.24) is 9.88 Å². The van der Waals surface area contributed by atoms with Crippen LogP contribution in [0.3, 0.4) is 0 Å². The average Bonchev–Trinajstić information content (AvgIpc) is 2.75. The van der Waals surface area contributed by atoms with Crippen molar-refractivity contribution in [2.24, 2.45) is 5.92 Å². The van der Waals surface area contributed by atoms with Gasteiger partial charge in [-0.2, -0.15) is 0 Å². The maximum atomic E-state index is 13.3. The number of benzene rings is 2. The Hall–Kier alpha value is -2.76. The number of hydrogen-bond donors (Lipinski definition) is 1. The summed E-state index contributed by atoms with van der Waals surface area (Å²) < 4.78 is 5.31. The predicted octanol–water partition coefficient (Wildman–Crippen LogP) is 4.11. The topological polar surface area (TPSA) is 62.7 Å². The fraction of sp³-hybridized carbons (Fsp3) is 0.385. The van der Waals surface area contributed by atoms with Gasteiger partial charge in [0.05, 0.1) is 32.3 Å². The molecule has 1 aliphatic rings. The molecule has 31 heavy (non-hydrogen) atoms. The van der Waals surface area contributed by atoms with Gasteiger partial charge in [-0.05, 0) is 33.9 Å². The summed E-state index contributed by atoms with van der Waals surface area (Å²) in [6.45, 7) is 6.38. The number of amides is 1. The summed E-state index contributed by atoms with van der Waals surface area (Å²) in [5.74, 6) is 0.622. The van der Waals surface area contributed by atoms with Gasteiger partial charge in [0.25, 0.3) is 0 Å². The van der Waals surface area contributed by atoms with Crippen LogP contribution in [0.5, 0.6) is 0 Å². The van der Waals surface area contributed by atoms with Gasteiger partial charge in [0, 0.05) is 30.4 Å². The number of aliphatic hydroxyl groups is 1. The minimum atomic E-state index is -0.771. The lowest BCUT2D eigenvalue weighted by Gasteiger charge is -2.34. The van der Waals surface area contributed by atoms with Crippen molar-refractivity contribution in [3.63, 3.8) is 0 Å². The third-order valence-electron chi connectivity index (χ3n) is 5.97. The first-order valence-corrected chi connectivity index (χ1v) is 11.0. The number of nitrogens with zero attached hydrogens (tertiary/aromatic N) is 2. The number of fused-ring (bicyclic) bond motifs is 1. The van der Waals surface area contributed by atoms with Crippen LogP contribution in [-0.2, 0) is 16.0 Å². The van der Waals surface area contributed by atoms with Gasteiger partial charge in [0.2, 0.25) is 5.91 Å². The van der Waals surface area contributed by atoms with E-state index in [0.29, 0.717) is 32.1 Å². The van der Waals surface area contributed by atoms with Gasteiger partial charge < -0.3 is 14.7 Å². The van der Waals surface area contributed by atoms with Crippen molar-refractivity contribution in [2.75, 3.05) is 26.3 Å². The fourth-order valence-corrected chi connectivity index (χ4v) is 4.14. The number of rotatable bonds is 8. The summed E-state index contributed by atoms with van der Waals surface area (Å²) in [7, 11) is 0. The molecule has 1 atom stereocenters. The van der Waals surface area contributed by atoms with E-state index in [1.54, 1.807) is 17.3 Å². The first-order valence-electron chi connectivity index (χ1n) is 11.0. The van der Waals surface area contributed by atoms with Crippen LogP contribution in [-0.4, -0.2) is 47.2 Å². The highest BCUT2D eigenvalue weighted by atomic mass is 16.5. The van der Waals surface area contributed by atoms with E-state index in [2.05, 4.69) is 43.1 Å². The maximum Gasteiger partial charge on any atom is 0.227 e. The van der Waals surface area contributed by atoms with Crippen molar-refractivity contribution >= 4 is 16.7 Å². The highest BCUT2D eigenvalue weighted by Gasteiger charge is 2.27. The van der Waals surface area contributed by atoms with E-state index in [0.717, 1.165) is 27.5 Å². The third kappa shape index (κ3) is 5.12. The van der Waals surface area contributed by atoms with Gasteiger partial charge in [-0.25, -0.2) is 0 Å². The molecule has 0 bridgehead atoms. The Bertz CT molecular complexity index is 1050. The summed E-state index contributed by atoms with van der Waals surface area (Å²) in [5.41, 5.74) is 2.85. The zero-order valence-electron chi connectivity index (χ0n) is 18.2. The normalized spacial score (nSPS) is 15.1. The van der Waals surface area contributed by atoms with Gasteiger partial charge in [-0.15, -0.1) is 0 Å². The zero-order valence-corrected chi connectivity index (χ0v) is 18.2. The molecule has 1 aliphatic heterocycles. The lowest BCUT2D eigenvalue weighted by atomic mass is 9.95. The molecule has 5 nitrogen and oxygen atoms in total.